The fourth-order valence-corrected chi connectivity index (χ4v) is 1.31. The van der Waals surface area contributed by atoms with Gasteiger partial charge in [0.1, 0.15) is 0 Å². The Morgan fingerprint density at radius 2 is 1.47 bits per heavy atom. The van der Waals surface area contributed by atoms with Crippen molar-refractivity contribution < 1.29 is 5.11 Å². The molecule has 0 amide bonds. The van der Waals surface area contributed by atoms with Crippen LogP contribution < -0.4 is 5.73 Å². The molecule has 0 aliphatic heterocycles. The van der Waals surface area contributed by atoms with Crippen LogP contribution in [-0.2, 0) is 0 Å². The average molecular weight is 235 g/mol. The third-order valence-electron chi connectivity index (χ3n) is 2.41. The summed E-state index contributed by atoms with van der Waals surface area (Å²) in [6, 6.07) is 0. The van der Waals surface area contributed by atoms with Crippen LogP contribution >= 0.6 is 0 Å². The number of nitrogens with two attached hydrogens (primary N) is 1. The quantitative estimate of drug-likeness (QED) is 0.549. The van der Waals surface area contributed by atoms with Crippen LogP contribution in [0.2, 0.25) is 0 Å². The molecule has 0 saturated carbocycles. The zero-order valence-corrected chi connectivity index (χ0v) is 11.2. The second-order valence-corrected chi connectivity index (χ2v) is 4.21. The van der Waals surface area contributed by atoms with Gasteiger partial charge in [-0.1, -0.05) is 50.4 Å². The smallest absolute Gasteiger partial charge is 0.188 e. The molecular formula is C15H25NO. The van der Waals surface area contributed by atoms with Crippen LogP contribution in [0.1, 0.15) is 58.8 Å². The maximum Gasteiger partial charge on any atom is 0.188 e. The van der Waals surface area contributed by atoms with Crippen LogP contribution in [0.4, 0.5) is 0 Å². The number of hydrogen-bond donors (Lipinski definition) is 2. The molecule has 96 valence electrons. The molecule has 2 nitrogen and oxygen atoms in total. The van der Waals surface area contributed by atoms with Crippen molar-refractivity contribution in [2.75, 3.05) is 6.54 Å². The fraction of sp³-hybridized carbons (Fsp3) is 0.733. The summed E-state index contributed by atoms with van der Waals surface area (Å²) in [6.07, 6.45) is 6.42. The van der Waals surface area contributed by atoms with E-state index in [1.54, 1.807) is 0 Å². The number of rotatable bonds is 6. The molecule has 0 aliphatic carbocycles. The van der Waals surface area contributed by atoms with Crippen molar-refractivity contribution in [3.63, 3.8) is 0 Å². The second-order valence-electron chi connectivity index (χ2n) is 4.21. The first kappa shape index (κ1) is 16.0. The van der Waals surface area contributed by atoms with E-state index in [9.17, 15) is 5.11 Å². The van der Waals surface area contributed by atoms with Crippen molar-refractivity contribution in [3.8, 4) is 23.7 Å². The van der Waals surface area contributed by atoms with Gasteiger partial charge in [0, 0.05) is 19.3 Å². The lowest BCUT2D eigenvalue weighted by Gasteiger charge is -2.13. The lowest BCUT2D eigenvalue weighted by molar-refractivity contribution is 0.155. The molecule has 0 radical (unpaired) electrons. The Balaban J connectivity index is 4.39. The molecular weight excluding hydrogens is 210 g/mol. The molecule has 0 bridgehead atoms. The molecule has 0 aromatic carbocycles. The lowest BCUT2D eigenvalue weighted by atomic mass is 10.0. The monoisotopic (exact) mass is 235 g/mol. The lowest BCUT2D eigenvalue weighted by Crippen LogP contribution is -2.28. The van der Waals surface area contributed by atoms with Gasteiger partial charge in [-0.25, -0.2) is 0 Å². The first-order valence-corrected chi connectivity index (χ1v) is 6.61. The highest BCUT2D eigenvalue weighted by atomic mass is 16.3. The summed E-state index contributed by atoms with van der Waals surface area (Å²) in [5.41, 5.74) is 4.28. The summed E-state index contributed by atoms with van der Waals surface area (Å²) in [4.78, 5) is 0. The van der Waals surface area contributed by atoms with Gasteiger partial charge in [-0.2, -0.15) is 0 Å². The maximum atomic E-state index is 10.2. The van der Waals surface area contributed by atoms with E-state index in [2.05, 4.69) is 37.5 Å². The predicted octanol–water partition coefficient (Wildman–Crippen LogP) is 2.45. The zero-order valence-electron chi connectivity index (χ0n) is 11.2. The third-order valence-corrected chi connectivity index (χ3v) is 2.41. The Bertz CT molecular complexity index is 274. The van der Waals surface area contributed by atoms with E-state index in [1.807, 2.05) is 0 Å². The van der Waals surface area contributed by atoms with Gasteiger partial charge in [-0.05, 0) is 19.4 Å². The summed E-state index contributed by atoms with van der Waals surface area (Å²) in [7, 11) is 0. The fourth-order valence-electron chi connectivity index (χ4n) is 1.31. The van der Waals surface area contributed by atoms with Crippen molar-refractivity contribution in [2.45, 2.75) is 64.4 Å². The van der Waals surface area contributed by atoms with E-state index < -0.39 is 5.60 Å². The maximum absolute atomic E-state index is 10.2. The molecule has 0 aliphatic rings. The molecule has 2 heteroatoms. The van der Waals surface area contributed by atoms with Crippen molar-refractivity contribution in [2.24, 2.45) is 5.73 Å². The largest absolute Gasteiger partial charge is 0.367 e. The standard InChI is InChI=1S/C15H25NO/c1-3-5-7-9-11-15(17,13-14-16)12-10-8-6-4-2/h17H,3-8,13-14,16H2,1-2H3. The molecule has 0 spiro atoms. The summed E-state index contributed by atoms with van der Waals surface area (Å²) in [5, 5.41) is 10.2. The van der Waals surface area contributed by atoms with Crippen LogP contribution in [0.25, 0.3) is 0 Å². The highest BCUT2D eigenvalue weighted by Gasteiger charge is 2.19. The van der Waals surface area contributed by atoms with Crippen molar-refractivity contribution in [1.82, 2.24) is 0 Å². The third kappa shape index (κ3) is 8.81. The molecule has 0 heterocycles. The summed E-state index contributed by atoms with van der Waals surface area (Å²) in [6.45, 7) is 4.65. The molecule has 0 atom stereocenters. The predicted molar refractivity (Wildman–Crippen MR) is 73.2 cm³/mol. The summed E-state index contributed by atoms with van der Waals surface area (Å²) < 4.78 is 0. The zero-order chi connectivity index (χ0) is 13.0. The minimum Gasteiger partial charge on any atom is -0.367 e. The van der Waals surface area contributed by atoms with E-state index >= 15 is 0 Å². The first-order chi connectivity index (χ1) is 8.18. The van der Waals surface area contributed by atoms with E-state index in [0.29, 0.717) is 13.0 Å². The minimum atomic E-state index is -1.20. The van der Waals surface area contributed by atoms with Gasteiger partial charge in [-0.15, -0.1) is 0 Å². The number of aliphatic hydroxyl groups is 1. The number of hydrogen-bond acceptors (Lipinski definition) is 2. The van der Waals surface area contributed by atoms with Crippen molar-refractivity contribution in [3.05, 3.63) is 0 Å². The Hall–Kier alpha value is -0.960. The van der Waals surface area contributed by atoms with Gasteiger partial charge < -0.3 is 10.8 Å². The van der Waals surface area contributed by atoms with E-state index in [4.69, 9.17) is 5.73 Å². The van der Waals surface area contributed by atoms with E-state index in [-0.39, 0.29) is 0 Å². The Morgan fingerprint density at radius 3 is 1.82 bits per heavy atom. The van der Waals surface area contributed by atoms with Gasteiger partial charge in [0.15, 0.2) is 5.60 Å². The van der Waals surface area contributed by atoms with Crippen LogP contribution in [0.15, 0.2) is 0 Å². The van der Waals surface area contributed by atoms with Crippen LogP contribution in [0, 0.1) is 23.7 Å². The molecule has 17 heavy (non-hydrogen) atoms. The Morgan fingerprint density at radius 1 is 1.00 bits per heavy atom. The molecule has 0 aromatic heterocycles. The van der Waals surface area contributed by atoms with Gasteiger partial charge in [0.2, 0.25) is 0 Å². The van der Waals surface area contributed by atoms with Gasteiger partial charge >= 0.3 is 0 Å². The van der Waals surface area contributed by atoms with Crippen LogP contribution in [0.3, 0.4) is 0 Å². The Kier molecular flexibility index (Phi) is 9.63. The van der Waals surface area contributed by atoms with Gasteiger partial charge in [0.25, 0.3) is 0 Å². The van der Waals surface area contributed by atoms with Crippen LogP contribution in [-0.4, -0.2) is 17.3 Å². The molecule has 0 saturated heterocycles. The van der Waals surface area contributed by atoms with E-state index in [0.717, 1.165) is 38.5 Å². The minimum absolute atomic E-state index is 0.404. The van der Waals surface area contributed by atoms with Crippen LogP contribution in [0.5, 0.6) is 0 Å². The molecule has 0 rings (SSSR count). The molecule has 0 unspecified atom stereocenters. The summed E-state index contributed by atoms with van der Waals surface area (Å²) >= 11 is 0. The average Bonchev–Trinajstić information content (AvgIpc) is 2.31. The molecule has 3 N–H and O–H groups in total. The van der Waals surface area contributed by atoms with Gasteiger partial charge in [-0.3, -0.25) is 0 Å². The summed E-state index contributed by atoms with van der Waals surface area (Å²) in [5.74, 6) is 11.7. The normalized spacial score (nSPS) is 10.1. The van der Waals surface area contributed by atoms with Crippen molar-refractivity contribution in [1.29, 1.82) is 0 Å². The molecule has 0 fully saturated rings. The number of unbranched alkanes of at least 4 members (excludes halogenated alkanes) is 4. The highest BCUT2D eigenvalue weighted by molar-refractivity contribution is 5.29. The van der Waals surface area contributed by atoms with Crippen molar-refractivity contribution >= 4 is 0 Å². The highest BCUT2D eigenvalue weighted by Crippen LogP contribution is 2.07. The topological polar surface area (TPSA) is 46.2 Å². The van der Waals surface area contributed by atoms with E-state index in [1.165, 1.54) is 0 Å². The SMILES string of the molecule is CCCCC#CC(O)(C#CCCCC)CCN. The first-order valence-electron chi connectivity index (χ1n) is 6.61. The Labute approximate surface area is 106 Å². The van der Waals surface area contributed by atoms with Gasteiger partial charge in [0.05, 0.1) is 0 Å². The second kappa shape index (κ2) is 10.2. The molecule has 0 aromatic rings.